The van der Waals surface area contributed by atoms with E-state index in [1.807, 2.05) is 32.0 Å². The summed E-state index contributed by atoms with van der Waals surface area (Å²) in [6, 6.07) is 5.83. The van der Waals surface area contributed by atoms with Crippen LogP contribution in [0.15, 0.2) is 23.1 Å². The first kappa shape index (κ1) is 11.9. The van der Waals surface area contributed by atoms with Crippen molar-refractivity contribution in [2.24, 2.45) is 0 Å². The van der Waals surface area contributed by atoms with Gasteiger partial charge in [-0.25, -0.2) is 0 Å². The van der Waals surface area contributed by atoms with Crippen LogP contribution in [0.25, 0.3) is 0 Å². The Kier molecular flexibility index (Phi) is 4.03. The molecule has 4 heteroatoms. The molecule has 0 radical (unpaired) electrons. The van der Waals surface area contributed by atoms with Gasteiger partial charge in [-0.15, -0.1) is 11.8 Å². The van der Waals surface area contributed by atoms with Gasteiger partial charge in [0.25, 0.3) is 0 Å². The highest BCUT2D eigenvalue weighted by molar-refractivity contribution is 8.00. The number of amides is 1. The van der Waals surface area contributed by atoms with Gasteiger partial charge < -0.3 is 11.1 Å². The van der Waals surface area contributed by atoms with Gasteiger partial charge in [-0.05, 0) is 31.5 Å². The molecule has 0 aromatic heterocycles. The molecule has 3 N–H and O–H groups in total. The van der Waals surface area contributed by atoms with Crippen LogP contribution in [-0.2, 0) is 4.79 Å². The number of nitrogens with one attached hydrogen (secondary N) is 1. The van der Waals surface area contributed by atoms with Gasteiger partial charge in [0.05, 0.1) is 5.25 Å². The van der Waals surface area contributed by atoms with Crippen molar-refractivity contribution in [1.29, 1.82) is 0 Å². The average Bonchev–Trinajstić information content (AvgIpc) is 2.22. The van der Waals surface area contributed by atoms with Gasteiger partial charge in [-0.1, -0.05) is 6.07 Å². The summed E-state index contributed by atoms with van der Waals surface area (Å²) in [5.41, 5.74) is 7.70. The minimum Gasteiger partial charge on any atom is -0.398 e. The number of aryl methyl sites for hydroxylation is 1. The molecule has 1 rings (SSSR count). The van der Waals surface area contributed by atoms with E-state index in [4.69, 9.17) is 5.73 Å². The van der Waals surface area contributed by atoms with Crippen molar-refractivity contribution in [3.8, 4) is 0 Å². The minimum absolute atomic E-state index is 0.0147. The molecule has 1 amide bonds. The van der Waals surface area contributed by atoms with E-state index in [2.05, 4.69) is 5.32 Å². The standard InChI is InChI=1S/C11H16N2OS/c1-7-4-5-9(12)10(6-7)15-8(2)11(14)13-3/h4-6,8H,12H2,1-3H3,(H,13,14). The van der Waals surface area contributed by atoms with Crippen LogP contribution in [-0.4, -0.2) is 18.2 Å². The number of thioether (sulfide) groups is 1. The van der Waals surface area contributed by atoms with Crippen molar-refractivity contribution in [2.75, 3.05) is 12.8 Å². The lowest BCUT2D eigenvalue weighted by molar-refractivity contribution is -0.119. The Bertz CT molecular complexity index is 366. The predicted octanol–water partition coefficient (Wildman–Crippen LogP) is 1.80. The van der Waals surface area contributed by atoms with Gasteiger partial charge in [0.1, 0.15) is 0 Å². The highest BCUT2D eigenvalue weighted by Gasteiger charge is 2.13. The molecular weight excluding hydrogens is 208 g/mol. The van der Waals surface area contributed by atoms with E-state index < -0.39 is 0 Å². The van der Waals surface area contributed by atoms with Crippen molar-refractivity contribution in [3.63, 3.8) is 0 Å². The maximum atomic E-state index is 11.3. The monoisotopic (exact) mass is 224 g/mol. The molecule has 82 valence electrons. The lowest BCUT2D eigenvalue weighted by Gasteiger charge is -2.11. The van der Waals surface area contributed by atoms with E-state index in [-0.39, 0.29) is 11.2 Å². The summed E-state index contributed by atoms with van der Waals surface area (Å²) in [5, 5.41) is 2.49. The zero-order valence-corrected chi connectivity index (χ0v) is 10.0. The third kappa shape index (κ3) is 3.16. The van der Waals surface area contributed by atoms with Crippen LogP contribution in [0, 0.1) is 6.92 Å². The number of hydrogen-bond donors (Lipinski definition) is 2. The fraction of sp³-hybridized carbons (Fsp3) is 0.364. The van der Waals surface area contributed by atoms with E-state index in [9.17, 15) is 4.79 Å². The normalized spacial score (nSPS) is 12.2. The molecular formula is C11H16N2OS. The minimum atomic E-state index is -0.126. The number of benzene rings is 1. The molecule has 1 aromatic rings. The molecule has 1 atom stereocenters. The Morgan fingerprint density at radius 1 is 1.53 bits per heavy atom. The third-order valence-electron chi connectivity index (χ3n) is 2.09. The summed E-state index contributed by atoms with van der Waals surface area (Å²) in [4.78, 5) is 12.3. The maximum Gasteiger partial charge on any atom is 0.232 e. The van der Waals surface area contributed by atoms with Crippen LogP contribution in [0.4, 0.5) is 5.69 Å². The van der Waals surface area contributed by atoms with Crippen LogP contribution in [0.2, 0.25) is 0 Å². The molecule has 0 aliphatic carbocycles. The summed E-state index contributed by atoms with van der Waals surface area (Å²) in [5.74, 6) is 0.0147. The van der Waals surface area contributed by atoms with Crippen LogP contribution in [0.1, 0.15) is 12.5 Å². The van der Waals surface area contributed by atoms with Gasteiger partial charge in [0, 0.05) is 17.6 Å². The Labute approximate surface area is 94.4 Å². The maximum absolute atomic E-state index is 11.3. The van der Waals surface area contributed by atoms with Crippen molar-refractivity contribution >= 4 is 23.4 Å². The fourth-order valence-corrected chi connectivity index (χ4v) is 2.25. The topological polar surface area (TPSA) is 55.1 Å². The lowest BCUT2D eigenvalue weighted by atomic mass is 10.2. The SMILES string of the molecule is CNC(=O)C(C)Sc1cc(C)ccc1N. The van der Waals surface area contributed by atoms with Crippen molar-refractivity contribution in [2.45, 2.75) is 24.0 Å². The second-order valence-corrected chi connectivity index (χ2v) is 4.80. The number of anilines is 1. The summed E-state index contributed by atoms with van der Waals surface area (Å²) >= 11 is 1.48. The average molecular weight is 224 g/mol. The van der Waals surface area contributed by atoms with E-state index in [0.29, 0.717) is 0 Å². The molecule has 0 fully saturated rings. The molecule has 0 spiro atoms. The number of carbonyl (C=O) groups excluding carboxylic acids is 1. The number of nitrogen functional groups attached to an aromatic ring is 1. The Hall–Kier alpha value is -1.16. The largest absolute Gasteiger partial charge is 0.398 e. The quantitative estimate of drug-likeness (QED) is 0.608. The van der Waals surface area contributed by atoms with Crippen LogP contribution in [0.5, 0.6) is 0 Å². The van der Waals surface area contributed by atoms with Gasteiger partial charge in [-0.3, -0.25) is 4.79 Å². The molecule has 15 heavy (non-hydrogen) atoms. The van der Waals surface area contributed by atoms with Crippen molar-refractivity contribution in [3.05, 3.63) is 23.8 Å². The molecule has 0 aliphatic rings. The van der Waals surface area contributed by atoms with E-state index in [1.165, 1.54) is 11.8 Å². The second kappa shape index (κ2) is 5.07. The molecule has 1 unspecified atom stereocenters. The third-order valence-corrected chi connectivity index (χ3v) is 3.26. The fourth-order valence-electron chi connectivity index (χ4n) is 1.19. The zero-order valence-electron chi connectivity index (χ0n) is 9.20. The predicted molar refractivity (Wildman–Crippen MR) is 65.0 cm³/mol. The second-order valence-electron chi connectivity index (χ2n) is 3.42. The Morgan fingerprint density at radius 2 is 2.20 bits per heavy atom. The Balaban J connectivity index is 2.80. The van der Waals surface area contributed by atoms with Gasteiger partial charge in [0.2, 0.25) is 5.91 Å². The molecule has 1 aromatic carbocycles. The summed E-state index contributed by atoms with van der Waals surface area (Å²) in [7, 11) is 1.64. The number of nitrogens with two attached hydrogens (primary N) is 1. The first-order valence-corrected chi connectivity index (χ1v) is 5.67. The van der Waals surface area contributed by atoms with Crippen LogP contribution < -0.4 is 11.1 Å². The first-order chi connectivity index (χ1) is 7.04. The summed E-state index contributed by atoms with van der Waals surface area (Å²) in [6.07, 6.45) is 0. The summed E-state index contributed by atoms with van der Waals surface area (Å²) < 4.78 is 0. The molecule has 0 aliphatic heterocycles. The smallest absolute Gasteiger partial charge is 0.232 e. The van der Waals surface area contributed by atoms with E-state index in [1.54, 1.807) is 7.05 Å². The lowest BCUT2D eigenvalue weighted by Crippen LogP contribution is -2.27. The number of carbonyl (C=O) groups is 1. The highest BCUT2D eigenvalue weighted by Crippen LogP contribution is 2.29. The van der Waals surface area contributed by atoms with E-state index in [0.717, 1.165) is 16.1 Å². The molecule has 0 heterocycles. The van der Waals surface area contributed by atoms with Gasteiger partial charge >= 0.3 is 0 Å². The van der Waals surface area contributed by atoms with Crippen LogP contribution in [0.3, 0.4) is 0 Å². The molecule has 3 nitrogen and oxygen atoms in total. The van der Waals surface area contributed by atoms with Gasteiger partial charge in [-0.2, -0.15) is 0 Å². The first-order valence-electron chi connectivity index (χ1n) is 4.79. The number of rotatable bonds is 3. The summed E-state index contributed by atoms with van der Waals surface area (Å²) in [6.45, 7) is 3.87. The highest BCUT2D eigenvalue weighted by atomic mass is 32.2. The van der Waals surface area contributed by atoms with Crippen molar-refractivity contribution < 1.29 is 4.79 Å². The van der Waals surface area contributed by atoms with E-state index >= 15 is 0 Å². The Morgan fingerprint density at radius 3 is 2.80 bits per heavy atom. The van der Waals surface area contributed by atoms with Crippen molar-refractivity contribution in [1.82, 2.24) is 5.32 Å². The van der Waals surface area contributed by atoms with Gasteiger partial charge in [0.15, 0.2) is 0 Å². The molecule has 0 bridgehead atoms. The molecule has 0 saturated heterocycles. The number of hydrogen-bond acceptors (Lipinski definition) is 3. The molecule has 0 saturated carbocycles. The zero-order chi connectivity index (χ0) is 11.4. The van der Waals surface area contributed by atoms with Crippen LogP contribution >= 0.6 is 11.8 Å².